The van der Waals surface area contributed by atoms with Crippen molar-refractivity contribution in [1.29, 1.82) is 0 Å². The molecule has 0 heterocycles. The van der Waals surface area contributed by atoms with Gasteiger partial charge >= 0.3 is 5.97 Å². The molecule has 6 heteroatoms. The number of hydrogen-bond donors (Lipinski definition) is 3. The summed E-state index contributed by atoms with van der Waals surface area (Å²) in [6.45, 7) is 3.74. The number of hydrogen-bond acceptors (Lipinski definition) is 3. The van der Waals surface area contributed by atoms with Gasteiger partial charge in [0.2, 0.25) is 5.91 Å². The summed E-state index contributed by atoms with van der Waals surface area (Å²) in [5.41, 5.74) is -0.211. The van der Waals surface area contributed by atoms with Crippen molar-refractivity contribution in [2.45, 2.75) is 32.2 Å². The van der Waals surface area contributed by atoms with Gasteiger partial charge < -0.3 is 15.7 Å². The van der Waals surface area contributed by atoms with E-state index in [0.29, 0.717) is 17.2 Å². The van der Waals surface area contributed by atoms with Crippen molar-refractivity contribution in [2.75, 3.05) is 5.32 Å². The van der Waals surface area contributed by atoms with Gasteiger partial charge in [0.05, 0.1) is 0 Å². The molecular weight excluding hydrogens is 356 g/mol. The first-order valence-corrected chi connectivity index (χ1v) is 9.39. The fourth-order valence-electron chi connectivity index (χ4n) is 3.34. The molecule has 0 aliphatic heterocycles. The average Bonchev–Trinajstić information content (AvgIpc) is 3.43. The zero-order chi connectivity index (χ0) is 20.3. The van der Waals surface area contributed by atoms with Gasteiger partial charge in [-0.15, -0.1) is 0 Å². The van der Waals surface area contributed by atoms with E-state index in [-0.39, 0.29) is 23.8 Å². The van der Waals surface area contributed by atoms with Gasteiger partial charge in [-0.25, -0.2) is 4.79 Å². The van der Waals surface area contributed by atoms with E-state index < -0.39 is 17.4 Å². The molecule has 3 rings (SSSR count). The second-order valence-corrected chi connectivity index (χ2v) is 7.27. The standard InChI is InChI=1S/C22H24N2O4/c1-3-22(21(27)28,16-9-5-4-6-10-16)24-19(25)15-8-7-11-17(13-15)23-20(26)18-12-14(18)2/h4-11,13-14,18H,3,12H2,1-2H3,(H,23,26)(H,24,25)(H,27,28). The molecule has 6 nitrogen and oxygen atoms in total. The Morgan fingerprint density at radius 2 is 1.79 bits per heavy atom. The van der Waals surface area contributed by atoms with Crippen LogP contribution >= 0.6 is 0 Å². The van der Waals surface area contributed by atoms with E-state index in [1.54, 1.807) is 61.5 Å². The van der Waals surface area contributed by atoms with Gasteiger partial charge in [-0.05, 0) is 42.5 Å². The lowest BCUT2D eigenvalue weighted by Crippen LogP contribution is -2.51. The molecule has 3 N–H and O–H groups in total. The van der Waals surface area contributed by atoms with Crippen molar-refractivity contribution in [3.05, 3.63) is 65.7 Å². The van der Waals surface area contributed by atoms with Crippen LogP contribution in [0, 0.1) is 11.8 Å². The van der Waals surface area contributed by atoms with Crippen LogP contribution in [0.3, 0.4) is 0 Å². The molecule has 146 valence electrons. The number of anilines is 1. The number of benzene rings is 2. The molecule has 0 bridgehead atoms. The third kappa shape index (κ3) is 3.91. The fourth-order valence-corrected chi connectivity index (χ4v) is 3.34. The Morgan fingerprint density at radius 1 is 1.11 bits per heavy atom. The van der Waals surface area contributed by atoms with E-state index in [1.807, 2.05) is 6.92 Å². The second kappa shape index (κ2) is 7.84. The van der Waals surface area contributed by atoms with Crippen LogP contribution in [0.4, 0.5) is 5.69 Å². The van der Waals surface area contributed by atoms with Gasteiger partial charge in [-0.2, -0.15) is 0 Å². The Morgan fingerprint density at radius 3 is 2.36 bits per heavy atom. The van der Waals surface area contributed by atoms with E-state index >= 15 is 0 Å². The molecule has 1 aliphatic rings. The minimum atomic E-state index is -1.53. The van der Waals surface area contributed by atoms with Crippen molar-refractivity contribution in [2.24, 2.45) is 11.8 Å². The molecule has 2 amide bonds. The fraction of sp³-hybridized carbons (Fsp3) is 0.318. The highest BCUT2D eigenvalue weighted by Crippen LogP contribution is 2.38. The molecule has 28 heavy (non-hydrogen) atoms. The lowest BCUT2D eigenvalue weighted by molar-refractivity contribution is -0.145. The van der Waals surface area contributed by atoms with Crippen LogP contribution < -0.4 is 10.6 Å². The lowest BCUT2D eigenvalue weighted by atomic mass is 9.87. The van der Waals surface area contributed by atoms with E-state index in [1.165, 1.54) is 0 Å². The largest absolute Gasteiger partial charge is 0.479 e. The van der Waals surface area contributed by atoms with Crippen molar-refractivity contribution >= 4 is 23.5 Å². The van der Waals surface area contributed by atoms with Crippen LogP contribution in [0.15, 0.2) is 54.6 Å². The Bertz CT molecular complexity index is 896. The number of amides is 2. The average molecular weight is 380 g/mol. The quantitative estimate of drug-likeness (QED) is 0.686. The molecule has 2 aromatic carbocycles. The number of nitrogens with one attached hydrogen (secondary N) is 2. The maximum Gasteiger partial charge on any atom is 0.334 e. The van der Waals surface area contributed by atoms with Crippen molar-refractivity contribution in [1.82, 2.24) is 5.32 Å². The minimum absolute atomic E-state index is 0.0234. The molecular formula is C22H24N2O4. The Labute approximate surface area is 164 Å². The first kappa shape index (κ1) is 19.6. The molecule has 2 aromatic rings. The number of carboxylic acid groups (broad SMARTS) is 1. The number of aliphatic carboxylic acids is 1. The van der Waals surface area contributed by atoms with Gasteiger partial charge in [0, 0.05) is 17.2 Å². The molecule has 0 aromatic heterocycles. The van der Waals surface area contributed by atoms with Gasteiger partial charge in [0.15, 0.2) is 5.54 Å². The van der Waals surface area contributed by atoms with Gasteiger partial charge in [-0.3, -0.25) is 9.59 Å². The van der Waals surface area contributed by atoms with E-state index in [9.17, 15) is 19.5 Å². The van der Waals surface area contributed by atoms with Crippen LogP contribution in [0.25, 0.3) is 0 Å². The molecule has 3 atom stereocenters. The summed E-state index contributed by atoms with van der Waals surface area (Å²) in [4.78, 5) is 37.0. The summed E-state index contributed by atoms with van der Waals surface area (Å²) < 4.78 is 0. The topological polar surface area (TPSA) is 95.5 Å². The van der Waals surface area contributed by atoms with Crippen molar-refractivity contribution < 1.29 is 19.5 Å². The summed E-state index contributed by atoms with van der Waals surface area (Å²) in [6.07, 6.45) is 1.06. The normalized spacial score (nSPS) is 19.9. The Hall–Kier alpha value is -3.15. The highest BCUT2D eigenvalue weighted by molar-refractivity contribution is 6.00. The molecule has 3 unspecified atom stereocenters. The van der Waals surface area contributed by atoms with Gasteiger partial charge in [-0.1, -0.05) is 50.2 Å². The molecule has 1 saturated carbocycles. The zero-order valence-electron chi connectivity index (χ0n) is 15.9. The maximum atomic E-state index is 12.8. The highest BCUT2D eigenvalue weighted by atomic mass is 16.4. The highest BCUT2D eigenvalue weighted by Gasteiger charge is 2.41. The Kier molecular flexibility index (Phi) is 5.49. The van der Waals surface area contributed by atoms with Gasteiger partial charge in [0.25, 0.3) is 5.91 Å². The lowest BCUT2D eigenvalue weighted by Gasteiger charge is -2.30. The van der Waals surface area contributed by atoms with Crippen LogP contribution in [0.1, 0.15) is 42.6 Å². The SMILES string of the molecule is CCC(NC(=O)c1cccc(NC(=O)C2CC2C)c1)(C(=O)O)c1ccccc1. The van der Waals surface area contributed by atoms with E-state index in [2.05, 4.69) is 10.6 Å². The van der Waals surface area contributed by atoms with Crippen molar-refractivity contribution in [3.63, 3.8) is 0 Å². The molecule has 1 aliphatic carbocycles. The molecule has 0 spiro atoms. The third-order valence-corrected chi connectivity index (χ3v) is 5.33. The van der Waals surface area contributed by atoms with E-state index in [4.69, 9.17) is 0 Å². The maximum absolute atomic E-state index is 12.8. The summed E-state index contributed by atoms with van der Waals surface area (Å²) >= 11 is 0. The second-order valence-electron chi connectivity index (χ2n) is 7.27. The monoisotopic (exact) mass is 380 g/mol. The Balaban J connectivity index is 1.81. The van der Waals surface area contributed by atoms with Crippen LogP contribution in [0.2, 0.25) is 0 Å². The van der Waals surface area contributed by atoms with Crippen LogP contribution in [-0.2, 0) is 15.1 Å². The minimum Gasteiger partial charge on any atom is -0.479 e. The van der Waals surface area contributed by atoms with Crippen LogP contribution in [0.5, 0.6) is 0 Å². The smallest absolute Gasteiger partial charge is 0.334 e. The van der Waals surface area contributed by atoms with Crippen molar-refractivity contribution in [3.8, 4) is 0 Å². The first-order valence-electron chi connectivity index (χ1n) is 9.39. The van der Waals surface area contributed by atoms with Gasteiger partial charge in [0.1, 0.15) is 0 Å². The predicted octanol–water partition coefficient (Wildman–Crippen LogP) is 3.40. The first-order chi connectivity index (χ1) is 13.4. The summed E-state index contributed by atoms with van der Waals surface area (Å²) in [7, 11) is 0. The third-order valence-electron chi connectivity index (χ3n) is 5.33. The zero-order valence-corrected chi connectivity index (χ0v) is 15.9. The number of carboxylic acids is 1. The number of carbonyl (C=O) groups is 3. The van der Waals surface area contributed by atoms with Crippen LogP contribution in [-0.4, -0.2) is 22.9 Å². The summed E-state index contributed by atoms with van der Waals surface area (Å²) in [6, 6.07) is 15.2. The number of rotatable bonds is 7. The summed E-state index contributed by atoms with van der Waals surface area (Å²) in [5, 5.41) is 15.4. The predicted molar refractivity (Wildman–Crippen MR) is 106 cm³/mol. The summed E-state index contributed by atoms with van der Waals surface area (Å²) in [5.74, 6) is -1.28. The number of carbonyl (C=O) groups excluding carboxylic acids is 2. The molecule has 0 radical (unpaired) electrons. The molecule has 1 fully saturated rings. The molecule has 0 saturated heterocycles. The van der Waals surface area contributed by atoms with E-state index in [0.717, 1.165) is 6.42 Å².